The van der Waals surface area contributed by atoms with Gasteiger partial charge in [-0.15, -0.1) is 0 Å². The third-order valence-corrected chi connectivity index (χ3v) is 6.16. The second kappa shape index (κ2) is 7.52. The number of anilines is 1. The summed E-state index contributed by atoms with van der Waals surface area (Å²) in [6, 6.07) is 18.3. The zero-order valence-electron chi connectivity index (χ0n) is 13.7. The SMILES string of the molecule is O=C1SC(=Cc2ccc(-c3cccc(Cl)c3Cl)o2)C(=S)N1c1ccccc1. The molecule has 3 nitrogen and oxygen atoms in total. The van der Waals surface area contributed by atoms with Crippen molar-refractivity contribution >= 4 is 69.2 Å². The summed E-state index contributed by atoms with van der Waals surface area (Å²) in [5.74, 6) is 1.17. The lowest BCUT2D eigenvalue weighted by atomic mass is 10.2. The van der Waals surface area contributed by atoms with Crippen molar-refractivity contribution < 1.29 is 9.21 Å². The van der Waals surface area contributed by atoms with Gasteiger partial charge < -0.3 is 4.42 Å². The van der Waals surface area contributed by atoms with Gasteiger partial charge in [0.25, 0.3) is 5.24 Å². The molecule has 0 saturated carbocycles. The van der Waals surface area contributed by atoms with Crippen molar-refractivity contribution in [2.45, 2.75) is 0 Å². The van der Waals surface area contributed by atoms with Crippen molar-refractivity contribution in [1.82, 2.24) is 0 Å². The zero-order valence-corrected chi connectivity index (χ0v) is 16.8. The van der Waals surface area contributed by atoms with Gasteiger partial charge >= 0.3 is 0 Å². The highest BCUT2D eigenvalue weighted by Gasteiger charge is 2.33. The normalized spacial score (nSPS) is 15.8. The topological polar surface area (TPSA) is 33.5 Å². The number of amides is 1. The average molecular weight is 432 g/mol. The van der Waals surface area contributed by atoms with Gasteiger partial charge in [0, 0.05) is 5.56 Å². The van der Waals surface area contributed by atoms with E-state index in [0.717, 1.165) is 17.4 Å². The van der Waals surface area contributed by atoms with Crippen molar-refractivity contribution in [3.63, 3.8) is 0 Å². The van der Waals surface area contributed by atoms with E-state index < -0.39 is 0 Å². The molecule has 27 heavy (non-hydrogen) atoms. The molecule has 134 valence electrons. The molecule has 0 radical (unpaired) electrons. The quantitative estimate of drug-likeness (QED) is 0.321. The summed E-state index contributed by atoms with van der Waals surface area (Å²) in [5.41, 5.74) is 1.45. The molecule has 0 bridgehead atoms. The largest absolute Gasteiger partial charge is 0.457 e. The van der Waals surface area contributed by atoms with Crippen LogP contribution in [0, 0.1) is 0 Å². The average Bonchev–Trinajstić information content (AvgIpc) is 3.23. The first kappa shape index (κ1) is 18.3. The minimum Gasteiger partial charge on any atom is -0.457 e. The van der Waals surface area contributed by atoms with Crippen LogP contribution in [-0.4, -0.2) is 10.2 Å². The number of furan rings is 1. The number of hydrogen-bond donors (Lipinski definition) is 0. The fourth-order valence-corrected chi connectivity index (χ4v) is 4.32. The van der Waals surface area contributed by atoms with Crippen LogP contribution < -0.4 is 4.90 Å². The number of para-hydroxylation sites is 1. The molecule has 2 heterocycles. The number of thiocarbonyl (C=S) groups is 1. The Morgan fingerprint density at radius 3 is 2.56 bits per heavy atom. The zero-order chi connectivity index (χ0) is 19.0. The van der Waals surface area contributed by atoms with Crippen LogP contribution >= 0.6 is 47.2 Å². The summed E-state index contributed by atoms with van der Waals surface area (Å²) in [6.45, 7) is 0. The number of hydrogen-bond acceptors (Lipinski definition) is 4. The second-order valence-corrected chi connectivity index (χ2v) is 7.82. The lowest BCUT2D eigenvalue weighted by Crippen LogP contribution is -2.26. The van der Waals surface area contributed by atoms with Gasteiger partial charge in [0.05, 0.1) is 20.6 Å². The highest BCUT2D eigenvalue weighted by molar-refractivity contribution is 8.20. The van der Waals surface area contributed by atoms with Crippen LogP contribution in [0.3, 0.4) is 0 Å². The Morgan fingerprint density at radius 2 is 1.78 bits per heavy atom. The smallest absolute Gasteiger partial charge is 0.296 e. The molecular formula is C20H11Cl2NO2S2. The fourth-order valence-electron chi connectivity index (χ4n) is 2.67. The third kappa shape index (κ3) is 3.56. The van der Waals surface area contributed by atoms with Gasteiger partial charge in [0.1, 0.15) is 16.5 Å². The van der Waals surface area contributed by atoms with Crippen molar-refractivity contribution in [3.8, 4) is 11.3 Å². The van der Waals surface area contributed by atoms with Crippen LogP contribution in [0.2, 0.25) is 10.0 Å². The van der Waals surface area contributed by atoms with E-state index in [1.165, 1.54) is 4.90 Å². The highest BCUT2D eigenvalue weighted by atomic mass is 35.5. The van der Waals surface area contributed by atoms with Gasteiger partial charge in [-0.05, 0) is 54.2 Å². The molecule has 1 amide bonds. The van der Waals surface area contributed by atoms with E-state index in [-0.39, 0.29) is 5.24 Å². The standard InChI is InChI=1S/C20H11Cl2NO2S2/c21-15-8-4-7-14(18(15)22)16-10-9-13(25-16)11-17-19(26)23(20(24)27-17)12-5-2-1-3-6-12/h1-11H. The molecule has 0 spiro atoms. The van der Waals surface area contributed by atoms with E-state index in [0.29, 0.717) is 37.0 Å². The first-order valence-electron chi connectivity index (χ1n) is 7.92. The molecule has 0 unspecified atom stereocenters. The van der Waals surface area contributed by atoms with Crippen LogP contribution in [0.5, 0.6) is 0 Å². The second-order valence-electron chi connectivity index (χ2n) is 5.66. The molecule has 1 aliphatic rings. The van der Waals surface area contributed by atoms with E-state index in [1.807, 2.05) is 48.5 Å². The fraction of sp³-hybridized carbons (Fsp3) is 0. The Morgan fingerprint density at radius 1 is 1.00 bits per heavy atom. The monoisotopic (exact) mass is 431 g/mol. The predicted octanol–water partition coefficient (Wildman–Crippen LogP) is 7.30. The van der Waals surface area contributed by atoms with E-state index in [9.17, 15) is 4.79 Å². The molecular weight excluding hydrogens is 421 g/mol. The Hall–Kier alpha value is -2.05. The van der Waals surface area contributed by atoms with Crippen molar-refractivity contribution in [3.05, 3.63) is 81.4 Å². The van der Waals surface area contributed by atoms with Gasteiger partial charge in [0.15, 0.2) is 0 Å². The van der Waals surface area contributed by atoms with Crippen LogP contribution in [0.4, 0.5) is 10.5 Å². The Kier molecular flexibility index (Phi) is 5.10. The third-order valence-electron chi connectivity index (χ3n) is 3.93. The number of carbonyl (C=O) groups excluding carboxylic acids is 1. The molecule has 1 aliphatic heterocycles. The number of thioether (sulfide) groups is 1. The summed E-state index contributed by atoms with van der Waals surface area (Å²) < 4.78 is 5.87. The highest BCUT2D eigenvalue weighted by Crippen LogP contribution is 2.38. The maximum Gasteiger partial charge on any atom is 0.296 e. The lowest BCUT2D eigenvalue weighted by Gasteiger charge is -2.14. The number of nitrogens with zero attached hydrogens (tertiary/aromatic N) is 1. The molecule has 4 rings (SSSR count). The molecule has 2 aromatic carbocycles. The van der Waals surface area contributed by atoms with Crippen molar-refractivity contribution in [2.24, 2.45) is 0 Å². The summed E-state index contributed by atoms with van der Waals surface area (Å²) in [6.07, 6.45) is 1.76. The summed E-state index contributed by atoms with van der Waals surface area (Å²) >= 11 is 18.9. The summed E-state index contributed by atoms with van der Waals surface area (Å²) in [5, 5.41) is 0.758. The Bertz CT molecular complexity index is 1080. The van der Waals surface area contributed by atoms with Crippen LogP contribution in [0.1, 0.15) is 5.76 Å². The molecule has 0 atom stereocenters. The van der Waals surface area contributed by atoms with E-state index in [1.54, 1.807) is 18.2 Å². The molecule has 0 N–H and O–H groups in total. The van der Waals surface area contributed by atoms with Gasteiger partial charge in [-0.2, -0.15) is 0 Å². The number of carbonyl (C=O) groups is 1. The van der Waals surface area contributed by atoms with E-state index >= 15 is 0 Å². The Balaban J connectivity index is 1.64. The number of benzene rings is 2. The lowest BCUT2D eigenvalue weighted by molar-refractivity contribution is 0.268. The maximum absolute atomic E-state index is 12.4. The van der Waals surface area contributed by atoms with Crippen molar-refractivity contribution in [1.29, 1.82) is 0 Å². The van der Waals surface area contributed by atoms with Crippen LogP contribution in [0.25, 0.3) is 17.4 Å². The first-order valence-corrected chi connectivity index (χ1v) is 9.90. The van der Waals surface area contributed by atoms with E-state index in [4.69, 9.17) is 39.8 Å². The molecule has 7 heteroatoms. The van der Waals surface area contributed by atoms with E-state index in [2.05, 4.69) is 0 Å². The molecule has 1 aromatic heterocycles. The first-order chi connectivity index (χ1) is 13.0. The molecule has 3 aromatic rings. The predicted molar refractivity (Wildman–Crippen MR) is 117 cm³/mol. The minimum atomic E-state index is -0.137. The summed E-state index contributed by atoms with van der Waals surface area (Å²) in [4.78, 5) is 15.0. The minimum absolute atomic E-state index is 0.137. The van der Waals surface area contributed by atoms with Gasteiger partial charge in [-0.3, -0.25) is 9.69 Å². The van der Waals surface area contributed by atoms with Crippen LogP contribution in [-0.2, 0) is 0 Å². The van der Waals surface area contributed by atoms with Gasteiger partial charge in [-0.1, -0.05) is 59.7 Å². The number of rotatable bonds is 3. The van der Waals surface area contributed by atoms with Gasteiger partial charge in [0.2, 0.25) is 0 Å². The van der Waals surface area contributed by atoms with Gasteiger partial charge in [-0.25, -0.2) is 0 Å². The maximum atomic E-state index is 12.4. The Labute approximate surface area is 175 Å². The van der Waals surface area contributed by atoms with Crippen molar-refractivity contribution in [2.75, 3.05) is 4.90 Å². The summed E-state index contributed by atoms with van der Waals surface area (Å²) in [7, 11) is 0. The molecule has 1 fully saturated rings. The molecule has 0 aliphatic carbocycles. The van der Waals surface area contributed by atoms with Crippen LogP contribution in [0.15, 0.2) is 70.0 Å². The molecule has 1 saturated heterocycles. The number of halogens is 2.